The summed E-state index contributed by atoms with van der Waals surface area (Å²) in [6.45, 7) is 1.12. The predicted molar refractivity (Wildman–Crippen MR) is 37.7 cm³/mol. The van der Waals surface area contributed by atoms with Gasteiger partial charge in [-0.3, -0.25) is 4.79 Å². The van der Waals surface area contributed by atoms with Gasteiger partial charge in [0, 0.05) is 13.0 Å². The van der Waals surface area contributed by atoms with Crippen molar-refractivity contribution in [3.63, 3.8) is 0 Å². The van der Waals surface area contributed by atoms with E-state index in [0.717, 1.165) is 25.1 Å². The van der Waals surface area contributed by atoms with Crippen molar-refractivity contribution in [1.29, 1.82) is 0 Å². The van der Waals surface area contributed by atoms with Gasteiger partial charge in [0.2, 0.25) is 0 Å². The maximum atomic E-state index is 12.7. The molecule has 12 heavy (non-hydrogen) atoms. The van der Waals surface area contributed by atoms with E-state index in [9.17, 15) is 13.6 Å². The van der Waals surface area contributed by atoms with Crippen LogP contribution in [0.3, 0.4) is 0 Å². The number of carbonyl (C=O) groups is 1. The highest BCUT2D eigenvalue weighted by atomic mass is 19.1. The Labute approximate surface area is 67.8 Å². The molecule has 0 N–H and O–H groups in total. The standard InChI is InChI=1S/C8H6F2O2/c1-5(11)12-8-4-6(9)2-3-7(8)10/h2-4H,1H3. The number of hydrogen-bond donors (Lipinski definition) is 0. The lowest BCUT2D eigenvalue weighted by Gasteiger charge is -2.01. The van der Waals surface area contributed by atoms with Crippen molar-refractivity contribution in [2.24, 2.45) is 0 Å². The fourth-order valence-corrected chi connectivity index (χ4v) is 0.710. The zero-order chi connectivity index (χ0) is 9.14. The summed E-state index contributed by atoms with van der Waals surface area (Å²) in [6.07, 6.45) is 0. The minimum Gasteiger partial charge on any atom is -0.423 e. The molecule has 0 amide bonds. The summed E-state index contributed by atoms with van der Waals surface area (Å²) in [5.41, 5.74) is 0. The minimum atomic E-state index is -0.758. The van der Waals surface area contributed by atoms with Crippen LogP contribution in [0.1, 0.15) is 6.92 Å². The highest BCUT2D eigenvalue weighted by Gasteiger charge is 2.06. The first-order valence-electron chi connectivity index (χ1n) is 3.23. The molecule has 1 rings (SSSR count). The fourth-order valence-electron chi connectivity index (χ4n) is 0.710. The second kappa shape index (κ2) is 3.30. The van der Waals surface area contributed by atoms with Gasteiger partial charge >= 0.3 is 5.97 Å². The third-order valence-electron chi connectivity index (χ3n) is 1.15. The highest BCUT2D eigenvalue weighted by molar-refractivity contribution is 5.69. The third-order valence-corrected chi connectivity index (χ3v) is 1.15. The van der Waals surface area contributed by atoms with Gasteiger partial charge in [0.05, 0.1) is 0 Å². The maximum absolute atomic E-state index is 12.7. The van der Waals surface area contributed by atoms with Gasteiger partial charge in [0.1, 0.15) is 5.82 Å². The summed E-state index contributed by atoms with van der Waals surface area (Å²) in [7, 11) is 0. The van der Waals surface area contributed by atoms with Gasteiger partial charge in [0.15, 0.2) is 11.6 Å². The van der Waals surface area contributed by atoms with Crippen molar-refractivity contribution >= 4 is 5.97 Å². The van der Waals surface area contributed by atoms with E-state index in [4.69, 9.17) is 0 Å². The van der Waals surface area contributed by atoms with E-state index in [-0.39, 0.29) is 5.75 Å². The molecule has 2 nitrogen and oxygen atoms in total. The summed E-state index contributed by atoms with van der Waals surface area (Å²) in [5.74, 6) is -2.47. The molecule has 0 aliphatic rings. The molecule has 0 spiro atoms. The zero-order valence-electron chi connectivity index (χ0n) is 6.30. The van der Waals surface area contributed by atoms with Gasteiger partial charge in [-0.25, -0.2) is 8.78 Å². The molecule has 64 valence electrons. The first-order chi connectivity index (χ1) is 5.59. The van der Waals surface area contributed by atoms with Crippen LogP contribution in [0.15, 0.2) is 18.2 Å². The Bertz CT molecular complexity index is 310. The van der Waals surface area contributed by atoms with Crippen LogP contribution >= 0.6 is 0 Å². The Kier molecular flexibility index (Phi) is 2.38. The zero-order valence-corrected chi connectivity index (χ0v) is 6.30. The molecule has 0 radical (unpaired) electrons. The average Bonchev–Trinajstić information content (AvgIpc) is 1.96. The van der Waals surface area contributed by atoms with Crippen LogP contribution < -0.4 is 4.74 Å². The Morgan fingerprint density at radius 3 is 2.67 bits per heavy atom. The van der Waals surface area contributed by atoms with E-state index in [0.29, 0.717) is 0 Å². The van der Waals surface area contributed by atoms with Crippen LogP contribution in [0, 0.1) is 11.6 Å². The van der Waals surface area contributed by atoms with Crippen LogP contribution in [0.2, 0.25) is 0 Å². The molecule has 1 aromatic carbocycles. The quantitative estimate of drug-likeness (QED) is 0.477. The largest absolute Gasteiger partial charge is 0.423 e. The second-order valence-electron chi connectivity index (χ2n) is 2.17. The number of ether oxygens (including phenoxy) is 1. The van der Waals surface area contributed by atoms with E-state index < -0.39 is 17.6 Å². The first-order valence-corrected chi connectivity index (χ1v) is 3.23. The van der Waals surface area contributed by atoms with Gasteiger partial charge in [-0.2, -0.15) is 0 Å². The Morgan fingerprint density at radius 1 is 1.42 bits per heavy atom. The molecule has 0 saturated carbocycles. The molecule has 0 saturated heterocycles. The Balaban J connectivity index is 2.97. The van der Waals surface area contributed by atoms with E-state index in [1.165, 1.54) is 0 Å². The van der Waals surface area contributed by atoms with E-state index in [1.807, 2.05) is 0 Å². The van der Waals surface area contributed by atoms with Crippen LogP contribution in [-0.4, -0.2) is 5.97 Å². The topological polar surface area (TPSA) is 26.3 Å². The van der Waals surface area contributed by atoms with Crippen molar-refractivity contribution in [1.82, 2.24) is 0 Å². The molecule has 0 aromatic heterocycles. The van der Waals surface area contributed by atoms with Gasteiger partial charge < -0.3 is 4.74 Å². The number of halogens is 2. The molecule has 0 bridgehead atoms. The number of benzene rings is 1. The summed E-state index contributed by atoms with van der Waals surface area (Å²) in [4.78, 5) is 10.4. The van der Waals surface area contributed by atoms with Gasteiger partial charge in [-0.1, -0.05) is 0 Å². The molecule has 0 aliphatic carbocycles. The van der Waals surface area contributed by atoms with Gasteiger partial charge in [-0.15, -0.1) is 0 Å². The van der Waals surface area contributed by atoms with Crippen molar-refractivity contribution in [3.8, 4) is 5.75 Å². The number of hydrogen-bond acceptors (Lipinski definition) is 2. The van der Waals surface area contributed by atoms with Crippen molar-refractivity contribution in [3.05, 3.63) is 29.8 Å². The van der Waals surface area contributed by atoms with Crippen molar-refractivity contribution in [2.75, 3.05) is 0 Å². The smallest absolute Gasteiger partial charge is 0.308 e. The lowest BCUT2D eigenvalue weighted by molar-refractivity contribution is -0.132. The molecule has 0 atom stereocenters. The molecular weight excluding hydrogens is 166 g/mol. The Hall–Kier alpha value is -1.45. The number of rotatable bonds is 1. The van der Waals surface area contributed by atoms with Crippen LogP contribution in [0.4, 0.5) is 8.78 Å². The summed E-state index contributed by atoms with van der Waals surface area (Å²) in [5, 5.41) is 0. The highest BCUT2D eigenvalue weighted by Crippen LogP contribution is 2.17. The monoisotopic (exact) mass is 172 g/mol. The Morgan fingerprint density at radius 2 is 2.08 bits per heavy atom. The predicted octanol–water partition coefficient (Wildman–Crippen LogP) is 1.89. The van der Waals surface area contributed by atoms with Gasteiger partial charge in [-0.05, 0) is 12.1 Å². The summed E-state index contributed by atoms with van der Waals surface area (Å²) < 4.78 is 29.5. The first kappa shape index (κ1) is 8.64. The van der Waals surface area contributed by atoms with Crippen molar-refractivity contribution < 1.29 is 18.3 Å². The summed E-state index contributed by atoms with van der Waals surface area (Å²) in [6, 6.07) is 2.66. The van der Waals surface area contributed by atoms with Crippen LogP contribution in [-0.2, 0) is 4.79 Å². The molecule has 0 unspecified atom stereocenters. The summed E-state index contributed by atoms with van der Waals surface area (Å²) >= 11 is 0. The van der Waals surface area contributed by atoms with Crippen LogP contribution in [0.25, 0.3) is 0 Å². The minimum absolute atomic E-state index is 0.387. The normalized spacial score (nSPS) is 9.58. The molecule has 1 aromatic rings. The van der Waals surface area contributed by atoms with Crippen LogP contribution in [0.5, 0.6) is 5.75 Å². The average molecular weight is 172 g/mol. The molecule has 0 aliphatic heterocycles. The van der Waals surface area contributed by atoms with E-state index in [1.54, 1.807) is 0 Å². The molecular formula is C8H6F2O2. The molecule has 0 fully saturated rings. The SMILES string of the molecule is CC(=O)Oc1cc(F)ccc1F. The fraction of sp³-hybridized carbons (Fsp3) is 0.125. The van der Waals surface area contributed by atoms with Crippen molar-refractivity contribution in [2.45, 2.75) is 6.92 Å². The van der Waals surface area contributed by atoms with Gasteiger partial charge in [0.25, 0.3) is 0 Å². The molecule has 0 heterocycles. The number of esters is 1. The van der Waals surface area contributed by atoms with E-state index in [2.05, 4.69) is 4.74 Å². The lowest BCUT2D eigenvalue weighted by Crippen LogP contribution is -2.03. The lowest BCUT2D eigenvalue weighted by atomic mass is 10.3. The molecule has 4 heteroatoms. The number of carbonyl (C=O) groups excluding carboxylic acids is 1. The third kappa shape index (κ3) is 2.02. The maximum Gasteiger partial charge on any atom is 0.308 e. The second-order valence-corrected chi connectivity index (χ2v) is 2.17. The van der Waals surface area contributed by atoms with E-state index >= 15 is 0 Å².